The summed E-state index contributed by atoms with van der Waals surface area (Å²) in [5.74, 6) is 0.170. The molecule has 2 atom stereocenters. The molecule has 3 heteroatoms. The van der Waals surface area contributed by atoms with E-state index in [1.165, 1.54) is 7.11 Å². The minimum absolute atomic E-state index is 0.210. The summed E-state index contributed by atoms with van der Waals surface area (Å²) in [6.45, 7) is 8.46. The summed E-state index contributed by atoms with van der Waals surface area (Å²) in [5.41, 5.74) is 0.209. The van der Waals surface area contributed by atoms with E-state index >= 15 is 0 Å². The lowest BCUT2D eigenvalue weighted by Crippen LogP contribution is -2.54. The number of esters is 1. The van der Waals surface area contributed by atoms with E-state index in [0.717, 1.165) is 12.0 Å². The van der Waals surface area contributed by atoms with E-state index in [9.17, 15) is 4.79 Å². The monoisotopic (exact) mass is 277 g/mol. The van der Waals surface area contributed by atoms with Gasteiger partial charge >= 0.3 is 5.97 Å². The molecule has 0 fully saturated rings. The Morgan fingerprint density at radius 1 is 1.25 bits per heavy atom. The molecular formula is C17H27NO2. The number of benzene rings is 1. The molecule has 0 aliphatic heterocycles. The van der Waals surface area contributed by atoms with Gasteiger partial charge in [0.2, 0.25) is 0 Å². The van der Waals surface area contributed by atoms with E-state index in [2.05, 4.69) is 33.0 Å². The van der Waals surface area contributed by atoms with Crippen molar-refractivity contribution in [1.29, 1.82) is 0 Å². The predicted octanol–water partition coefficient (Wildman–Crippen LogP) is 3.49. The van der Waals surface area contributed by atoms with Crippen molar-refractivity contribution < 1.29 is 9.53 Å². The average Bonchev–Trinajstić information content (AvgIpc) is 2.45. The minimum Gasteiger partial charge on any atom is -0.467 e. The summed E-state index contributed by atoms with van der Waals surface area (Å²) in [6.07, 6.45) is 1.68. The fourth-order valence-electron chi connectivity index (χ4n) is 2.55. The van der Waals surface area contributed by atoms with Gasteiger partial charge in [-0.3, -0.25) is 5.32 Å². The van der Waals surface area contributed by atoms with Crippen LogP contribution in [0.1, 0.15) is 46.1 Å². The van der Waals surface area contributed by atoms with Crippen LogP contribution in [0.4, 0.5) is 0 Å². The summed E-state index contributed by atoms with van der Waals surface area (Å²) in [6, 6.07) is 10.1. The summed E-state index contributed by atoms with van der Waals surface area (Å²) >= 11 is 0. The maximum Gasteiger partial charge on any atom is 0.330 e. The molecule has 112 valence electrons. The van der Waals surface area contributed by atoms with Crippen LogP contribution in [0, 0.1) is 5.92 Å². The molecule has 1 aromatic carbocycles. The zero-order valence-corrected chi connectivity index (χ0v) is 13.3. The molecule has 0 radical (unpaired) electrons. The number of carbonyl (C=O) groups excluding carboxylic acids is 1. The quantitative estimate of drug-likeness (QED) is 0.775. The Balaban J connectivity index is 3.29. The van der Waals surface area contributed by atoms with Gasteiger partial charge < -0.3 is 4.74 Å². The van der Waals surface area contributed by atoms with Gasteiger partial charge in [0.1, 0.15) is 5.54 Å². The summed E-state index contributed by atoms with van der Waals surface area (Å²) in [5, 5.41) is 3.50. The maximum atomic E-state index is 12.5. The number of ether oxygens (including phenoxy) is 1. The highest BCUT2D eigenvalue weighted by molar-refractivity contribution is 5.82. The smallest absolute Gasteiger partial charge is 0.330 e. The van der Waals surface area contributed by atoms with Crippen molar-refractivity contribution in [1.82, 2.24) is 5.32 Å². The largest absolute Gasteiger partial charge is 0.467 e. The van der Waals surface area contributed by atoms with E-state index < -0.39 is 5.54 Å². The van der Waals surface area contributed by atoms with Crippen LogP contribution in [0.2, 0.25) is 0 Å². The van der Waals surface area contributed by atoms with Crippen LogP contribution in [0.15, 0.2) is 30.3 Å². The molecule has 0 aliphatic rings. The summed E-state index contributed by atoms with van der Waals surface area (Å²) in [4.78, 5) is 12.5. The second-order valence-electron chi connectivity index (χ2n) is 5.81. The van der Waals surface area contributed by atoms with Crippen molar-refractivity contribution in [2.75, 3.05) is 7.11 Å². The van der Waals surface area contributed by atoms with Crippen LogP contribution in [0.3, 0.4) is 0 Å². The summed E-state index contributed by atoms with van der Waals surface area (Å²) < 4.78 is 5.11. The van der Waals surface area contributed by atoms with Crippen LogP contribution in [-0.4, -0.2) is 19.1 Å². The number of methoxy groups -OCH3 is 1. The third kappa shape index (κ3) is 3.83. The Labute approximate surface area is 122 Å². The third-order valence-electron chi connectivity index (χ3n) is 3.62. The van der Waals surface area contributed by atoms with Crippen molar-refractivity contribution in [3.8, 4) is 0 Å². The van der Waals surface area contributed by atoms with Gasteiger partial charge in [0, 0.05) is 6.04 Å². The van der Waals surface area contributed by atoms with Crippen LogP contribution >= 0.6 is 0 Å². The Kier molecular flexibility index (Phi) is 6.21. The molecule has 1 N–H and O–H groups in total. The molecule has 0 aromatic heterocycles. The van der Waals surface area contributed by atoms with Gasteiger partial charge in [0.25, 0.3) is 0 Å². The number of hydrogen-bond donors (Lipinski definition) is 1. The lowest BCUT2D eigenvalue weighted by Gasteiger charge is -2.36. The van der Waals surface area contributed by atoms with Crippen molar-refractivity contribution in [3.63, 3.8) is 0 Å². The SMILES string of the molecule is CCC(C)NC(CC(C)C)(C(=O)OC)c1ccccc1. The number of carbonyl (C=O) groups is 1. The van der Waals surface area contributed by atoms with Crippen LogP contribution < -0.4 is 5.32 Å². The first kappa shape index (κ1) is 16.7. The highest BCUT2D eigenvalue weighted by Crippen LogP contribution is 2.31. The fourth-order valence-corrected chi connectivity index (χ4v) is 2.55. The molecule has 1 rings (SSSR count). The highest BCUT2D eigenvalue weighted by Gasteiger charge is 2.42. The Morgan fingerprint density at radius 3 is 2.30 bits per heavy atom. The van der Waals surface area contributed by atoms with Gasteiger partial charge in [-0.05, 0) is 31.2 Å². The molecule has 1 aromatic rings. The van der Waals surface area contributed by atoms with Crippen molar-refractivity contribution >= 4 is 5.97 Å². The first-order valence-electron chi connectivity index (χ1n) is 7.38. The van der Waals surface area contributed by atoms with Crippen LogP contribution in [0.5, 0.6) is 0 Å². The molecule has 3 nitrogen and oxygen atoms in total. The lowest BCUT2D eigenvalue weighted by atomic mass is 9.81. The highest BCUT2D eigenvalue weighted by atomic mass is 16.5. The number of nitrogens with one attached hydrogen (secondary N) is 1. The normalized spacial score (nSPS) is 15.7. The van der Waals surface area contributed by atoms with Gasteiger partial charge in [-0.15, -0.1) is 0 Å². The van der Waals surface area contributed by atoms with Crippen molar-refractivity contribution in [2.45, 2.75) is 52.1 Å². The van der Waals surface area contributed by atoms with E-state index in [-0.39, 0.29) is 12.0 Å². The van der Waals surface area contributed by atoms with Crippen LogP contribution in [0.25, 0.3) is 0 Å². The first-order chi connectivity index (χ1) is 9.46. The summed E-state index contributed by atoms with van der Waals surface area (Å²) in [7, 11) is 1.46. The molecule has 0 amide bonds. The van der Waals surface area contributed by atoms with Gasteiger partial charge in [0.05, 0.1) is 7.11 Å². The minimum atomic E-state index is -0.764. The molecule has 0 saturated heterocycles. The standard InChI is InChI=1S/C17H27NO2/c1-6-14(4)18-17(12-13(2)3,16(19)20-5)15-10-8-7-9-11-15/h7-11,13-14,18H,6,12H2,1-5H3. The lowest BCUT2D eigenvalue weighted by molar-refractivity contribution is -0.150. The molecule has 0 heterocycles. The number of rotatable bonds is 7. The van der Waals surface area contributed by atoms with E-state index in [1.54, 1.807) is 0 Å². The van der Waals surface area contributed by atoms with Gasteiger partial charge in [-0.2, -0.15) is 0 Å². The second-order valence-corrected chi connectivity index (χ2v) is 5.81. The van der Waals surface area contributed by atoms with Crippen molar-refractivity contribution in [2.24, 2.45) is 5.92 Å². The van der Waals surface area contributed by atoms with Gasteiger partial charge in [-0.25, -0.2) is 4.79 Å². The molecule has 0 spiro atoms. The van der Waals surface area contributed by atoms with E-state index in [1.807, 2.05) is 30.3 Å². The molecular weight excluding hydrogens is 250 g/mol. The molecule has 20 heavy (non-hydrogen) atoms. The number of hydrogen-bond acceptors (Lipinski definition) is 3. The topological polar surface area (TPSA) is 38.3 Å². The predicted molar refractivity (Wildman–Crippen MR) is 82.5 cm³/mol. The Morgan fingerprint density at radius 2 is 1.85 bits per heavy atom. The van der Waals surface area contributed by atoms with E-state index in [0.29, 0.717) is 12.3 Å². The Bertz CT molecular complexity index is 416. The zero-order chi connectivity index (χ0) is 15.2. The van der Waals surface area contributed by atoms with Crippen LogP contribution in [-0.2, 0) is 15.1 Å². The second kappa shape index (κ2) is 7.44. The zero-order valence-electron chi connectivity index (χ0n) is 13.3. The van der Waals surface area contributed by atoms with E-state index in [4.69, 9.17) is 4.74 Å². The average molecular weight is 277 g/mol. The Hall–Kier alpha value is -1.35. The molecule has 0 saturated carbocycles. The molecule has 0 aliphatic carbocycles. The first-order valence-corrected chi connectivity index (χ1v) is 7.38. The van der Waals surface area contributed by atoms with Gasteiger partial charge in [0.15, 0.2) is 0 Å². The molecule has 0 bridgehead atoms. The third-order valence-corrected chi connectivity index (χ3v) is 3.62. The maximum absolute atomic E-state index is 12.5. The fraction of sp³-hybridized carbons (Fsp3) is 0.588. The van der Waals surface area contributed by atoms with Gasteiger partial charge in [-0.1, -0.05) is 51.1 Å². The molecule has 2 unspecified atom stereocenters. The van der Waals surface area contributed by atoms with Crippen molar-refractivity contribution in [3.05, 3.63) is 35.9 Å².